The number of likely N-dealkylation sites (N-methyl/N-ethyl adjacent to an activating group) is 1. The summed E-state index contributed by atoms with van der Waals surface area (Å²) in [4.78, 5) is 20.1. The minimum Gasteiger partial charge on any atom is -0.477 e. The molecule has 3 aliphatic heterocycles. The van der Waals surface area contributed by atoms with Gasteiger partial charge in [0.15, 0.2) is 5.82 Å². The Bertz CT molecular complexity index is 1100. The Balaban J connectivity index is 1.41. The zero-order valence-electron chi connectivity index (χ0n) is 19.9. The van der Waals surface area contributed by atoms with Gasteiger partial charge in [-0.2, -0.15) is 9.97 Å². The van der Waals surface area contributed by atoms with Crippen molar-refractivity contribution in [3.8, 4) is 11.9 Å². The average Bonchev–Trinajstić information content (AvgIpc) is 3.37. The number of ether oxygens (including phenoxy) is 2. The number of anilines is 1. The van der Waals surface area contributed by atoms with Crippen LogP contribution in [0.2, 0.25) is 0 Å². The molecule has 8 nitrogen and oxygen atoms in total. The molecule has 0 N–H and O–H groups in total. The molecule has 34 heavy (non-hydrogen) atoms. The first-order valence-electron chi connectivity index (χ1n) is 12.3. The van der Waals surface area contributed by atoms with Gasteiger partial charge in [-0.3, -0.25) is 4.90 Å². The molecule has 1 aliphatic carbocycles. The zero-order chi connectivity index (χ0) is 23.5. The molecule has 5 heterocycles. The maximum Gasteiger partial charge on any atom is 0.319 e. The highest BCUT2D eigenvalue weighted by molar-refractivity contribution is 5.95. The Hall–Kier alpha value is -2.33. The number of hydrogen-bond donors (Lipinski definition) is 0. The zero-order valence-corrected chi connectivity index (χ0v) is 19.9. The van der Waals surface area contributed by atoms with Gasteiger partial charge in [-0.1, -0.05) is 0 Å². The Labute approximate surface area is 198 Å². The summed E-state index contributed by atoms with van der Waals surface area (Å²) in [5.41, 5.74) is -0.212. The van der Waals surface area contributed by atoms with Gasteiger partial charge < -0.3 is 19.3 Å². The lowest BCUT2D eigenvalue weighted by Gasteiger charge is -2.36. The minimum absolute atomic E-state index is 0.0492. The van der Waals surface area contributed by atoms with E-state index in [9.17, 15) is 4.39 Å². The molecular formula is C24H32F2N6O2. The van der Waals surface area contributed by atoms with Crippen LogP contribution in [0.25, 0.3) is 10.9 Å². The number of hydrogen-bond acceptors (Lipinski definition) is 8. The Kier molecular flexibility index (Phi) is 5.29. The fourth-order valence-corrected chi connectivity index (χ4v) is 6.06. The average molecular weight is 475 g/mol. The molecular weight excluding hydrogens is 442 g/mol. The summed E-state index contributed by atoms with van der Waals surface area (Å²) in [6, 6.07) is 0.133. The van der Waals surface area contributed by atoms with Gasteiger partial charge in [0.05, 0.1) is 18.3 Å². The standard InChI is InChI=1S/C24H32F2N6O2/c1-30(2)9-10-32-20-18-19(17(26)13-27-21(18)33-11-7-23(32)5-6-23)28-22(29-20)34-15-24-4-3-8-31(24)14-16(25)12-24/h13,16H,3-12,14-15H2,1-2H3/t16-,24+/m1/s1. The van der Waals surface area contributed by atoms with Crippen LogP contribution in [-0.4, -0.2) is 95.5 Å². The van der Waals surface area contributed by atoms with Crippen molar-refractivity contribution >= 4 is 16.7 Å². The van der Waals surface area contributed by atoms with Crippen LogP contribution >= 0.6 is 0 Å². The summed E-state index contributed by atoms with van der Waals surface area (Å²) < 4.78 is 41.4. The van der Waals surface area contributed by atoms with Crippen LogP contribution in [0.3, 0.4) is 0 Å². The summed E-state index contributed by atoms with van der Waals surface area (Å²) in [5, 5.41) is 0.502. The summed E-state index contributed by atoms with van der Waals surface area (Å²) in [6.07, 6.45) is 5.63. The molecule has 0 aromatic carbocycles. The fraction of sp³-hybridized carbons (Fsp3) is 0.708. The van der Waals surface area contributed by atoms with Crippen LogP contribution in [0, 0.1) is 5.82 Å². The maximum absolute atomic E-state index is 15.0. The third kappa shape index (κ3) is 3.66. The van der Waals surface area contributed by atoms with Gasteiger partial charge in [0.1, 0.15) is 29.5 Å². The Morgan fingerprint density at radius 3 is 2.88 bits per heavy atom. The van der Waals surface area contributed by atoms with Crippen molar-refractivity contribution in [2.24, 2.45) is 0 Å². The third-order valence-electron chi connectivity index (χ3n) is 8.07. The lowest BCUT2D eigenvalue weighted by atomic mass is 9.95. The molecule has 3 fully saturated rings. The normalized spacial score (nSPS) is 27.7. The van der Waals surface area contributed by atoms with E-state index in [0.717, 1.165) is 57.9 Å². The lowest BCUT2D eigenvalue weighted by molar-refractivity contribution is 0.107. The molecule has 6 rings (SSSR count). The van der Waals surface area contributed by atoms with E-state index >= 15 is 4.39 Å². The van der Waals surface area contributed by atoms with Gasteiger partial charge >= 0.3 is 6.01 Å². The molecule has 1 spiro atoms. The summed E-state index contributed by atoms with van der Waals surface area (Å²) in [5.74, 6) is 0.454. The van der Waals surface area contributed by atoms with Crippen LogP contribution in [0.1, 0.15) is 38.5 Å². The molecule has 0 unspecified atom stereocenters. The molecule has 2 aromatic rings. The largest absolute Gasteiger partial charge is 0.477 e. The van der Waals surface area contributed by atoms with Crippen LogP contribution in [0.15, 0.2) is 6.20 Å². The van der Waals surface area contributed by atoms with Crippen molar-refractivity contribution in [3.05, 3.63) is 12.0 Å². The number of alkyl halides is 1. The second kappa shape index (κ2) is 8.12. The number of aromatic nitrogens is 3. The van der Waals surface area contributed by atoms with E-state index < -0.39 is 12.0 Å². The topological polar surface area (TPSA) is 66.9 Å². The van der Waals surface area contributed by atoms with E-state index in [1.54, 1.807) is 0 Å². The van der Waals surface area contributed by atoms with Gasteiger partial charge in [0.25, 0.3) is 0 Å². The first-order chi connectivity index (χ1) is 16.4. The smallest absolute Gasteiger partial charge is 0.319 e. The highest BCUT2D eigenvalue weighted by atomic mass is 19.1. The first kappa shape index (κ1) is 22.2. The number of nitrogens with zero attached hydrogens (tertiary/aromatic N) is 6. The molecule has 10 heteroatoms. The second-order valence-corrected chi connectivity index (χ2v) is 10.6. The van der Waals surface area contributed by atoms with Gasteiger partial charge in [0.2, 0.25) is 5.88 Å². The van der Waals surface area contributed by atoms with E-state index in [2.05, 4.69) is 24.7 Å². The number of rotatable bonds is 6. The van der Waals surface area contributed by atoms with Crippen LogP contribution in [-0.2, 0) is 0 Å². The minimum atomic E-state index is -0.839. The summed E-state index contributed by atoms with van der Waals surface area (Å²) in [7, 11) is 4.08. The molecule has 0 bridgehead atoms. The van der Waals surface area contributed by atoms with Crippen molar-refractivity contribution in [2.45, 2.75) is 55.8 Å². The second-order valence-electron chi connectivity index (χ2n) is 10.6. The van der Waals surface area contributed by atoms with Crippen LogP contribution in [0.4, 0.5) is 14.6 Å². The molecule has 0 amide bonds. The van der Waals surface area contributed by atoms with Gasteiger partial charge in [0, 0.05) is 38.0 Å². The molecule has 2 aromatic heterocycles. The highest BCUT2D eigenvalue weighted by Gasteiger charge is 2.51. The number of pyridine rings is 1. The summed E-state index contributed by atoms with van der Waals surface area (Å²) >= 11 is 0. The van der Waals surface area contributed by atoms with E-state index in [0.29, 0.717) is 43.3 Å². The Morgan fingerprint density at radius 2 is 2.09 bits per heavy atom. The SMILES string of the molecule is CN(C)CCN1c2nc(OC[C@@]34CCCN3C[C@H](F)C4)nc3c(F)cnc(c23)OCCC12CC2. The summed E-state index contributed by atoms with van der Waals surface area (Å²) in [6.45, 7) is 3.74. The fourth-order valence-electron chi connectivity index (χ4n) is 6.06. The van der Waals surface area contributed by atoms with Crippen molar-refractivity contribution < 1.29 is 18.3 Å². The number of halogens is 2. The lowest BCUT2D eigenvalue weighted by Crippen LogP contribution is -2.44. The predicted molar refractivity (Wildman–Crippen MR) is 124 cm³/mol. The van der Waals surface area contributed by atoms with Gasteiger partial charge in [-0.15, -0.1) is 0 Å². The van der Waals surface area contributed by atoms with E-state index in [1.807, 2.05) is 14.1 Å². The van der Waals surface area contributed by atoms with Crippen molar-refractivity contribution in [3.63, 3.8) is 0 Å². The van der Waals surface area contributed by atoms with Crippen molar-refractivity contribution in [2.75, 3.05) is 58.4 Å². The molecule has 2 saturated heterocycles. The quantitative estimate of drug-likeness (QED) is 0.633. The van der Waals surface area contributed by atoms with Crippen LogP contribution in [0.5, 0.6) is 11.9 Å². The molecule has 184 valence electrons. The molecule has 4 aliphatic rings. The predicted octanol–water partition coefficient (Wildman–Crippen LogP) is 2.80. The van der Waals surface area contributed by atoms with E-state index in [1.165, 1.54) is 0 Å². The maximum atomic E-state index is 15.0. The van der Waals surface area contributed by atoms with E-state index in [-0.39, 0.29) is 22.6 Å². The van der Waals surface area contributed by atoms with Gasteiger partial charge in [-0.25, -0.2) is 13.8 Å². The third-order valence-corrected chi connectivity index (χ3v) is 8.07. The van der Waals surface area contributed by atoms with E-state index in [4.69, 9.17) is 14.5 Å². The molecule has 1 saturated carbocycles. The Morgan fingerprint density at radius 1 is 1.24 bits per heavy atom. The van der Waals surface area contributed by atoms with Gasteiger partial charge in [-0.05, 0) is 46.3 Å². The number of fused-ring (bicyclic) bond motifs is 1. The highest BCUT2D eigenvalue weighted by Crippen LogP contribution is 2.50. The van der Waals surface area contributed by atoms with Crippen LogP contribution < -0.4 is 14.4 Å². The van der Waals surface area contributed by atoms with Crippen molar-refractivity contribution in [1.29, 1.82) is 0 Å². The molecule has 2 atom stereocenters. The van der Waals surface area contributed by atoms with Crippen molar-refractivity contribution in [1.82, 2.24) is 24.8 Å². The monoisotopic (exact) mass is 474 g/mol. The first-order valence-corrected chi connectivity index (χ1v) is 12.3. The molecule has 0 radical (unpaired) electrons.